The summed E-state index contributed by atoms with van der Waals surface area (Å²) in [6.07, 6.45) is 0.792. The van der Waals surface area contributed by atoms with Gasteiger partial charge in [-0.15, -0.1) is 0 Å². The van der Waals surface area contributed by atoms with Gasteiger partial charge in [0.1, 0.15) is 7.52 Å². The van der Waals surface area contributed by atoms with Gasteiger partial charge in [0.25, 0.3) is 0 Å². The van der Waals surface area contributed by atoms with Crippen molar-refractivity contribution >= 4 is 7.52 Å². The molecular weight excluding hydrogens is 877 g/mol. The van der Waals surface area contributed by atoms with Gasteiger partial charge in [-0.3, -0.25) is 0 Å². The second-order valence-corrected chi connectivity index (χ2v) is 9.84. The average Bonchev–Trinajstić information content (AvgIpc) is 2.88. The van der Waals surface area contributed by atoms with Gasteiger partial charge in [0, 0.05) is 94.7 Å². The van der Waals surface area contributed by atoms with Crippen molar-refractivity contribution in [2.75, 3.05) is 13.7 Å². The summed E-state index contributed by atoms with van der Waals surface area (Å²) in [5, 5.41) is 1.74. The Labute approximate surface area is 207 Å². The van der Waals surface area contributed by atoms with Crippen molar-refractivity contribution in [2.45, 2.75) is 58.5 Å². The fourth-order valence-electron chi connectivity index (χ4n) is 2.81. The first-order valence-electron chi connectivity index (χ1n) is 8.35. The molecule has 0 aliphatic carbocycles. The summed E-state index contributed by atoms with van der Waals surface area (Å²) in [5.74, 6) is 0.771. The van der Waals surface area contributed by atoms with Crippen molar-refractivity contribution in [2.24, 2.45) is 11.8 Å². The molecule has 1 fully saturated rings. The van der Waals surface area contributed by atoms with Gasteiger partial charge in [-0.05, 0) is 25.7 Å². The molecule has 1 rings (SSSR count). The Morgan fingerprint density at radius 1 is 1.30 bits per heavy atom. The van der Waals surface area contributed by atoms with Crippen LogP contribution in [0.5, 0.6) is 0 Å². The zero-order valence-electron chi connectivity index (χ0n) is 17.0. The molecule has 4 unspecified atom stereocenters. The van der Waals surface area contributed by atoms with Gasteiger partial charge in [0.15, 0.2) is 0 Å². The molecule has 3 N–H and O–H groups in total. The van der Waals surface area contributed by atoms with E-state index in [1.54, 1.807) is 21.0 Å². The van der Waals surface area contributed by atoms with E-state index in [4.69, 9.17) is 10.2 Å². The van der Waals surface area contributed by atoms with E-state index in [1.165, 1.54) is 0 Å². The standard InChI is InChI=1S/C17H33N3O3P.3W/c1-11(2)12(3)14(5)20-10-15(23-8)9-16(20)13(4)19-17(6,7)24(18,21)22;;;/h11-12,15-16,19H,4-5,9-10H2,1-3,6-8H3,(H2-,18,21,22);;;/q-1;;;. The summed E-state index contributed by atoms with van der Waals surface area (Å²) in [6.45, 7) is 18.6. The number of hydrogen-bond donors (Lipinski definition) is 2. The number of nitrogens with zero attached hydrogens (tertiary/aromatic N) is 1. The van der Waals surface area contributed by atoms with E-state index in [-0.39, 0.29) is 75.3 Å². The SMILES string of the molecule is C=C(NC(C)(C)P([NH-])(=O)O)C1CC(OC)CN1C(=C)C(C)C(C)C.[W].[W].[W]. The first-order valence-corrected chi connectivity index (χ1v) is 10.0. The molecule has 1 heterocycles. The van der Waals surface area contributed by atoms with Crippen LogP contribution in [0.2, 0.25) is 0 Å². The van der Waals surface area contributed by atoms with E-state index in [2.05, 4.69) is 44.1 Å². The molecule has 4 atom stereocenters. The van der Waals surface area contributed by atoms with E-state index >= 15 is 0 Å². The van der Waals surface area contributed by atoms with Gasteiger partial charge < -0.3 is 29.9 Å². The third kappa shape index (κ3) is 8.49. The zero-order valence-corrected chi connectivity index (χ0v) is 26.7. The third-order valence-electron chi connectivity index (χ3n) is 5.12. The molecule has 1 aliphatic rings. The molecule has 0 radical (unpaired) electrons. The predicted molar refractivity (Wildman–Crippen MR) is 99.6 cm³/mol. The molecule has 10 heteroatoms. The maximum absolute atomic E-state index is 11.8. The first kappa shape index (κ1) is 32.9. The second-order valence-electron chi connectivity index (χ2n) is 7.57. The Hall–Kier alpha value is 1.25. The summed E-state index contributed by atoms with van der Waals surface area (Å²) >= 11 is 0. The fraction of sp³-hybridized carbons (Fsp3) is 0.765. The van der Waals surface area contributed by atoms with Crippen molar-refractivity contribution in [1.82, 2.24) is 10.2 Å². The topological polar surface area (TPSA) is 85.6 Å². The van der Waals surface area contributed by atoms with Gasteiger partial charge in [0.05, 0.1) is 17.4 Å². The minimum absolute atomic E-state index is 0. The van der Waals surface area contributed by atoms with E-state index in [0.717, 1.165) is 18.7 Å². The molecule has 6 nitrogen and oxygen atoms in total. The molecule has 1 aliphatic heterocycles. The second kappa shape index (κ2) is 12.8. The van der Waals surface area contributed by atoms with Gasteiger partial charge in [0.2, 0.25) is 0 Å². The Morgan fingerprint density at radius 3 is 2.15 bits per heavy atom. The predicted octanol–water partition coefficient (Wildman–Crippen LogP) is 3.95. The number of rotatable bonds is 8. The summed E-state index contributed by atoms with van der Waals surface area (Å²) in [5.41, 5.74) is 9.13. The van der Waals surface area contributed by atoms with Crippen LogP contribution in [0.15, 0.2) is 24.6 Å². The van der Waals surface area contributed by atoms with Crippen LogP contribution in [0.4, 0.5) is 0 Å². The number of likely N-dealkylation sites (tertiary alicyclic amines) is 1. The normalized spacial score (nSPS) is 22.6. The molecule has 0 saturated carbocycles. The average molecular weight is 910 g/mol. The number of ether oxygens (including phenoxy) is 1. The van der Waals surface area contributed by atoms with Gasteiger partial charge in [-0.1, -0.05) is 33.9 Å². The minimum atomic E-state index is -4.06. The van der Waals surface area contributed by atoms with Crippen molar-refractivity contribution in [3.63, 3.8) is 0 Å². The molecular formula is C17H33N3O3PW3-. The molecule has 0 aromatic carbocycles. The Bertz CT molecular complexity index is 541. The van der Waals surface area contributed by atoms with Crippen molar-refractivity contribution in [3.8, 4) is 0 Å². The zero-order chi connectivity index (χ0) is 18.9. The van der Waals surface area contributed by atoms with Crippen molar-refractivity contribution < 1.29 is 77.4 Å². The smallest absolute Gasteiger partial charge is 0.133 e. The van der Waals surface area contributed by atoms with Crippen LogP contribution < -0.4 is 5.32 Å². The molecule has 27 heavy (non-hydrogen) atoms. The maximum Gasteiger partial charge on any atom is 0.133 e. The monoisotopic (exact) mass is 910 g/mol. The van der Waals surface area contributed by atoms with E-state index in [1.807, 2.05) is 0 Å². The molecule has 1 saturated heterocycles. The van der Waals surface area contributed by atoms with Crippen LogP contribution >= 0.6 is 7.52 Å². The Kier molecular flexibility index (Phi) is 15.6. The first-order chi connectivity index (χ1) is 10.8. The van der Waals surface area contributed by atoms with Crippen LogP contribution in [0.25, 0.3) is 5.50 Å². The van der Waals surface area contributed by atoms with Crippen molar-refractivity contribution in [1.29, 1.82) is 0 Å². The van der Waals surface area contributed by atoms with E-state index in [9.17, 15) is 9.46 Å². The largest absolute Gasteiger partial charge is 0.593 e. The van der Waals surface area contributed by atoms with Crippen molar-refractivity contribution in [3.05, 3.63) is 30.1 Å². The summed E-state index contributed by atoms with van der Waals surface area (Å²) in [4.78, 5) is 11.8. The van der Waals surface area contributed by atoms with Crippen LogP contribution in [0, 0.1) is 11.8 Å². The van der Waals surface area contributed by atoms with Gasteiger partial charge >= 0.3 is 0 Å². The van der Waals surface area contributed by atoms with Crippen LogP contribution in [-0.2, 0) is 72.5 Å². The number of hydrogen-bond acceptors (Lipinski definition) is 4. The summed E-state index contributed by atoms with van der Waals surface area (Å²) < 4.78 is 17.3. The molecule has 158 valence electrons. The van der Waals surface area contributed by atoms with E-state index in [0.29, 0.717) is 17.5 Å². The quantitative estimate of drug-likeness (QED) is 0.361. The molecule has 0 bridgehead atoms. The summed E-state index contributed by atoms with van der Waals surface area (Å²) in [6, 6.07) is -0.0746. The molecule has 0 spiro atoms. The van der Waals surface area contributed by atoms with E-state index < -0.39 is 12.8 Å². The maximum atomic E-state index is 11.8. The van der Waals surface area contributed by atoms with Gasteiger partial charge in [-0.25, -0.2) is 0 Å². The minimum Gasteiger partial charge on any atom is -0.593 e. The van der Waals surface area contributed by atoms with Crippen LogP contribution in [0.3, 0.4) is 0 Å². The number of allylic oxidation sites excluding steroid dienone is 1. The molecule has 0 aromatic rings. The van der Waals surface area contributed by atoms with Crippen LogP contribution in [0.1, 0.15) is 41.0 Å². The Morgan fingerprint density at radius 2 is 1.78 bits per heavy atom. The van der Waals surface area contributed by atoms with Crippen LogP contribution in [-0.4, -0.2) is 40.9 Å². The third-order valence-corrected chi connectivity index (χ3v) is 6.74. The van der Waals surface area contributed by atoms with Gasteiger partial charge in [-0.2, -0.15) is 0 Å². The molecule has 0 aromatic heterocycles. The summed E-state index contributed by atoms with van der Waals surface area (Å²) in [7, 11) is -2.37. The number of nitrogens with one attached hydrogen (secondary N) is 2. The molecule has 0 amide bonds. The Balaban J connectivity index is -0.00000192. The fourth-order valence-corrected chi connectivity index (χ4v) is 3.11. The number of methoxy groups -OCH3 is 1.